The van der Waals surface area contributed by atoms with Crippen LogP contribution in [-0.2, 0) is 5.75 Å². The highest BCUT2D eigenvalue weighted by Crippen LogP contribution is 2.17. The van der Waals surface area contributed by atoms with Gasteiger partial charge in [0, 0.05) is 18.0 Å². The highest BCUT2D eigenvalue weighted by Gasteiger charge is 2.12. The van der Waals surface area contributed by atoms with E-state index in [1.165, 1.54) is 49.4 Å². The molecule has 0 aromatic heterocycles. The minimum atomic E-state index is 0.834. The third kappa shape index (κ3) is 5.45. The quantitative estimate of drug-likeness (QED) is 0.743. The lowest BCUT2D eigenvalue weighted by Gasteiger charge is -2.23. The summed E-state index contributed by atoms with van der Waals surface area (Å²) in [5.74, 6) is 3.24. The van der Waals surface area contributed by atoms with Gasteiger partial charge < -0.3 is 10.6 Å². The van der Waals surface area contributed by atoms with Gasteiger partial charge >= 0.3 is 0 Å². The van der Waals surface area contributed by atoms with Gasteiger partial charge in [0.1, 0.15) is 0 Å². The van der Waals surface area contributed by atoms with Gasteiger partial charge in [-0.05, 0) is 61.7 Å². The molecular weight excluding hydrogens is 252 g/mol. The van der Waals surface area contributed by atoms with Crippen LogP contribution in [0.15, 0.2) is 24.3 Å². The summed E-state index contributed by atoms with van der Waals surface area (Å²) in [7, 11) is 0. The average molecular weight is 278 g/mol. The first-order chi connectivity index (χ1) is 9.38. The molecule has 0 amide bonds. The van der Waals surface area contributed by atoms with Gasteiger partial charge in [0.15, 0.2) is 0 Å². The highest BCUT2D eigenvalue weighted by molar-refractivity contribution is 7.98. The summed E-state index contributed by atoms with van der Waals surface area (Å²) < 4.78 is 0. The van der Waals surface area contributed by atoms with Crippen LogP contribution in [0.5, 0.6) is 0 Å². The Morgan fingerprint density at radius 3 is 2.63 bits per heavy atom. The monoisotopic (exact) mass is 278 g/mol. The van der Waals surface area contributed by atoms with E-state index in [1.807, 2.05) is 11.8 Å². The van der Waals surface area contributed by atoms with E-state index in [1.54, 1.807) is 0 Å². The number of nitrogens with one attached hydrogen (secondary N) is 2. The molecule has 2 N–H and O–H groups in total. The summed E-state index contributed by atoms with van der Waals surface area (Å²) in [6.07, 6.45) is 3.87. The molecule has 0 atom stereocenters. The molecule has 0 unspecified atom stereocenters. The molecule has 1 aliphatic rings. The van der Waals surface area contributed by atoms with Crippen LogP contribution in [0.1, 0.15) is 31.7 Å². The van der Waals surface area contributed by atoms with Gasteiger partial charge in [-0.3, -0.25) is 0 Å². The third-order valence-corrected chi connectivity index (χ3v) is 4.86. The Morgan fingerprint density at radius 1 is 1.21 bits per heavy atom. The Kier molecular flexibility index (Phi) is 6.58. The van der Waals surface area contributed by atoms with Crippen LogP contribution in [0, 0.1) is 5.92 Å². The van der Waals surface area contributed by atoms with Gasteiger partial charge in [0.25, 0.3) is 0 Å². The predicted octanol–water partition coefficient (Wildman–Crippen LogP) is 3.74. The first-order valence-corrected chi connectivity index (χ1v) is 8.65. The smallest absolute Gasteiger partial charge is 0.0340 e. The van der Waals surface area contributed by atoms with Gasteiger partial charge in [0.2, 0.25) is 0 Å². The number of rotatable bonds is 7. The summed E-state index contributed by atoms with van der Waals surface area (Å²) in [5, 5.41) is 6.99. The van der Waals surface area contributed by atoms with Crippen molar-refractivity contribution in [3.8, 4) is 0 Å². The maximum atomic E-state index is 3.57. The molecule has 0 aliphatic carbocycles. The van der Waals surface area contributed by atoms with E-state index in [2.05, 4.69) is 41.8 Å². The zero-order valence-corrected chi connectivity index (χ0v) is 12.8. The van der Waals surface area contributed by atoms with Crippen LogP contribution in [0.3, 0.4) is 0 Å². The molecule has 2 rings (SSSR count). The molecule has 0 radical (unpaired) electrons. The minimum absolute atomic E-state index is 0.834. The van der Waals surface area contributed by atoms with Crippen LogP contribution in [0.4, 0.5) is 5.69 Å². The van der Waals surface area contributed by atoms with Crippen molar-refractivity contribution in [1.29, 1.82) is 0 Å². The summed E-state index contributed by atoms with van der Waals surface area (Å²) >= 11 is 2.02. The number of thioether (sulfide) groups is 1. The highest BCUT2D eigenvalue weighted by atomic mass is 32.2. The fourth-order valence-electron chi connectivity index (χ4n) is 2.40. The zero-order chi connectivity index (χ0) is 13.3. The lowest BCUT2D eigenvalue weighted by Crippen LogP contribution is -2.31. The molecule has 19 heavy (non-hydrogen) atoms. The molecule has 1 saturated heterocycles. The van der Waals surface area contributed by atoms with Crippen LogP contribution < -0.4 is 10.6 Å². The van der Waals surface area contributed by atoms with Crippen molar-refractivity contribution in [2.24, 2.45) is 5.92 Å². The third-order valence-electron chi connectivity index (χ3n) is 3.62. The molecule has 1 heterocycles. The first kappa shape index (κ1) is 14.7. The minimum Gasteiger partial charge on any atom is -0.385 e. The summed E-state index contributed by atoms with van der Waals surface area (Å²) in [6.45, 7) is 5.71. The van der Waals surface area contributed by atoms with Crippen LogP contribution in [0.2, 0.25) is 0 Å². The maximum Gasteiger partial charge on any atom is 0.0340 e. The van der Waals surface area contributed by atoms with Crippen molar-refractivity contribution < 1.29 is 0 Å². The molecule has 0 bridgehead atoms. The number of hydrogen-bond acceptors (Lipinski definition) is 3. The number of hydrogen-bond donors (Lipinski definition) is 2. The molecule has 2 nitrogen and oxygen atoms in total. The summed E-state index contributed by atoms with van der Waals surface area (Å²) in [4.78, 5) is 0. The van der Waals surface area contributed by atoms with Crippen LogP contribution in [0.25, 0.3) is 0 Å². The van der Waals surface area contributed by atoms with Gasteiger partial charge in [-0.25, -0.2) is 0 Å². The van der Waals surface area contributed by atoms with Crippen molar-refractivity contribution in [2.45, 2.75) is 31.9 Å². The SMILES string of the molecule is CCCSCc1ccc(NCC2CCNCC2)cc1. The van der Waals surface area contributed by atoms with E-state index in [0.717, 1.165) is 18.2 Å². The van der Waals surface area contributed by atoms with E-state index in [0.29, 0.717) is 0 Å². The predicted molar refractivity (Wildman–Crippen MR) is 87.0 cm³/mol. The van der Waals surface area contributed by atoms with Crippen molar-refractivity contribution >= 4 is 17.4 Å². The van der Waals surface area contributed by atoms with E-state index < -0.39 is 0 Å². The Bertz CT molecular complexity index is 344. The van der Waals surface area contributed by atoms with Crippen molar-refractivity contribution in [1.82, 2.24) is 5.32 Å². The second-order valence-electron chi connectivity index (χ2n) is 5.32. The fraction of sp³-hybridized carbons (Fsp3) is 0.625. The lowest BCUT2D eigenvalue weighted by molar-refractivity contribution is 0.390. The van der Waals surface area contributed by atoms with E-state index >= 15 is 0 Å². The Hall–Kier alpha value is -0.670. The van der Waals surface area contributed by atoms with Crippen molar-refractivity contribution in [2.75, 3.05) is 30.7 Å². The Balaban J connectivity index is 1.71. The summed E-state index contributed by atoms with van der Waals surface area (Å²) in [5.41, 5.74) is 2.70. The van der Waals surface area contributed by atoms with Gasteiger partial charge in [-0.15, -0.1) is 0 Å². The average Bonchev–Trinajstić information content (AvgIpc) is 2.48. The number of piperidine rings is 1. The fourth-order valence-corrected chi connectivity index (χ4v) is 3.26. The standard InChI is InChI=1S/C16H26N2S/c1-2-11-19-13-15-3-5-16(6-4-15)18-12-14-7-9-17-10-8-14/h3-6,14,17-18H,2,7-13H2,1H3. The van der Waals surface area contributed by atoms with Gasteiger partial charge in [-0.2, -0.15) is 11.8 Å². The maximum absolute atomic E-state index is 3.57. The largest absolute Gasteiger partial charge is 0.385 e. The number of anilines is 1. The van der Waals surface area contributed by atoms with E-state index in [4.69, 9.17) is 0 Å². The molecule has 1 aromatic rings. The number of benzene rings is 1. The molecule has 3 heteroatoms. The molecule has 1 aliphatic heterocycles. The molecule has 106 valence electrons. The molecule has 1 aromatic carbocycles. The topological polar surface area (TPSA) is 24.1 Å². The molecule has 0 saturated carbocycles. The van der Waals surface area contributed by atoms with Gasteiger partial charge in [-0.1, -0.05) is 19.1 Å². The van der Waals surface area contributed by atoms with Crippen LogP contribution in [-0.4, -0.2) is 25.4 Å². The molecule has 0 spiro atoms. The van der Waals surface area contributed by atoms with Crippen molar-refractivity contribution in [3.05, 3.63) is 29.8 Å². The Morgan fingerprint density at radius 2 is 1.95 bits per heavy atom. The molecule has 1 fully saturated rings. The van der Waals surface area contributed by atoms with Crippen LogP contribution >= 0.6 is 11.8 Å². The molecular formula is C16H26N2S. The van der Waals surface area contributed by atoms with E-state index in [9.17, 15) is 0 Å². The van der Waals surface area contributed by atoms with Gasteiger partial charge in [0.05, 0.1) is 0 Å². The Labute approximate surface area is 121 Å². The lowest BCUT2D eigenvalue weighted by atomic mass is 9.98. The summed E-state index contributed by atoms with van der Waals surface area (Å²) in [6, 6.07) is 8.96. The van der Waals surface area contributed by atoms with E-state index in [-0.39, 0.29) is 0 Å². The second kappa shape index (κ2) is 8.49. The first-order valence-electron chi connectivity index (χ1n) is 7.49. The van der Waals surface area contributed by atoms with Crippen molar-refractivity contribution in [3.63, 3.8) is 0 Å². The zero-order valence-electron chi connectivity index (χ0n) is 12.0. The normalized spacial score (nSPS) is 16.5. The second-order valence-corrected chi connectivity index (χ2v) is 6.43.